The summed E-state index contributed by atoms with van der Waals surface area (Å²) in [6.45, 7) is 3.91. The van der Waals surface area contributed by atoms with Crippen molar-refractivity contribution in [2.45, 2.75) is 25.7 Å². The van der Waals surface area contributed by atoms with Gasteiger partial charge < -0.3 is 14.7 Å². The Bertz CT molecular complexity index is 179. The fourth-order valence-electron chi connectivity index (χ4n) is 0.809. The van der Waals surface area contributed by atoms with Gasteiger partial charge in [0, 0.05) is 5.01 Å². The van der Waals surface area contributed by atoms with Crippen LogP contribution in [0.4, 0.5) is 0 Å². The third-order valence-corrected chi connectivity index (χ3v) is 1.21. The van der Waals surface area contributed by atoms with E-state index in [1.807, 2.05) is 0 Å². The Morgan fingerprint density at radius 3 is 2.80 bits per heavy atom. The molecule has 1 fully saturated rings. The highest BCUT2D eigenvalue weighted by Crippen LogP contribution is 2.21. The third-order valence-electron chi connectivity index (χ3n) is 1.21. The maximum atomic E-state index is 9.68. The average Bonchev–Trinajstić information content (AvgIpc) is 2.12. The van der Waals surface area contributed by atoms with Crippen LogP contribution in [0.1, 0.15) is 13.8 Å². The molecule has 0 unspecified atom stereocenters. The van der Waals surface area contributed by atoms with Crippen LogP contribution in [0.3, 0.4) is 0 Å². The normalized spacial score (nSPS) is 29.2. The van der Waals surface area contributed by atoms with Gasteiger partial charge in [-0.15, -0.1) is 0 Å². The van der Waals surface area contributed by atoms with E-state index in [0.29, 0.717) is 6.61 Å². The quantitative estimate of drug-likeness (QED) is 0.474. The summed E-state index contributed by atoms with van der Waals surface area (Å²) in [5.41, 5.74) is 0. The predicted octanol–water partition coefficient (Wildman–Crippen LogP) is 0.969. The lowest BCUT2D eigenvalue weighted by molar-refractivity contribution is -0.132. The summed E-state index contributed by atoms with van der Waals surface area (Å²) >= 11 is 0. The van der Waals surface area contributed by atoms with Gasteiger partial charge in [0.1, 0.15) is 0 Å². The van der Waals surface area contributed by atoms with Crippen molar-refractivity contribution >= 4 is 0 Å². The zero-order valence-corrected chi connectivity index (χ0v) is 5.96. The Labute approximate surface area is 59.1 Å². The van der Waals surface area contributed by atoms with Gasteiger partial charge in [-0.05, 0) is 13.8 Å². The molecule has 1 atom stereocenters. The van der Waals surface area contributed by atoms with Gasteiger partial charge in [-0.1, -0.05) is 0 Å². The average molecular weight is 143 g/mol. The molecule has 0 saturated carbocycles. The largest absolute Gasteiger partial charge is 0.498 e. The van der Waals surface area contributed by atoms with Crippen LogP contribution in [0.5, 0.6) is 0 Å². The van der Waals surface area contributed by atoms with Crippen LogP contribution in [0.25, 0.3) is 5.01 Å². The Morgan fingerprint density at radius 1 is 1.70 bits per heavy atom. The van der Waals surface area contributed by atoms with Gasteiger partial charge in [0.15, 0.2) is 5.79 Å². The van der Waals surface area contributed by atoms with E-state index in [4.69, 9.17) is 9.47 Å². The molecular formula is C6H9NO3. The van der Waals surface area contributed by atoms with Crippen LogP contribution in [-0.2, 0) is 9.47 Å². The van der Waals surface area contributed by atoms with Crippen LogP contribution >= 0.6 is 0 Å². The number of nitrogens with zero attached hydrogens (tertiary/aromatic N) is 1. The zero-order valence-electron chi connectivity index (χ0n) is 5.96. The summed E-state index contributed by atoms with van der Waals surface area (Å²) in [7, 11) is 0. The maximum Gasteiger partial charge on any atom is 0.333 e. The van der Waals surface area contributed by atoms with Crippen molar-refractivity contribution in [3.8, 4) is 6.07 Å². The van der Waals surface area contributed by atoms with Crippen LogP contribution in [0.15, 0.2) is 0 Å². The molecule has 1 saturated heterocycles. The molecule has 1 aliphatic heterocycles. The van der Waals surface area contributed by atoms with E-state index in [1.165, 1.54) is 0 Å². The van der Waals surface area contributed by atoms with E-state index in [2.05, 4.69) is 11.1 Å². The van der Waals surface area contributed by atoms with E-state index in [1.54, 1.807) is 13.8 Å². The van der Waals surface area contributed by atoms with Crippen molar-refractivity contribution in [2.24, 2.45) is 0 Å². The fraction of sp³-hybridized carbons (Fsp3) is 0.833. The lowest BCUT2D eigenvalue weighted by Gasteiger charge is -2.13. The lowest BCUT2D eigenvalue weighted by atomic mass is 10.4. The Hall–Kier alpha value is -0.790. The van der Waals surface area contributed by atoms with Gasteiger partial charge in [-0.2, -0.15) is 0 Å². The van der Waals surface area contributed by atoms with E-state index in [-0.39, 0.29) is 0 Å². The second kappa shape index (κ2) is 2.45. The lowest BCUT2D eigenvalue weighted by Crippen LogP contribution is -2.20. The SMILES string of the molecule is CC1(C)OC[C@H](C#[N+][O-])O1. The minimum absolute atomic E-state index is 0.360. The Kier molecular flexibility index (Phi) is 1.79. The first-order valence-electron chi connectivity index (χ1n) is 3.04. The molecule has 0 N–H and O–H groups in total. The van der Waals surface area contributed by atoms with Crippen LogP contribution in [0.2, 0.25) is 0 Å². The van der Waals surface area contributed by atoms with E-state index >= 15 is 0 Å². The van der Waals surface area contributed by atoms with E-state index in [9.17, 15) is 5.21 Å². The number of hydrogen-bond acceptors (Lipinski definition) is 3. The highest BCUT2D eigenvalue weighted by atomic mass is 16.7. The number of rotatable bonds is 0. The van der Waals surface area contributed by atoms with Gasteiger partial charge in [-0.3, -0.25) is 0 Å². The third kappa shape index (κ3) is 1.59. The summed E-state index contributed by atoms with van der Waals surface area (Å²) in [6, 6.07) is 2.22. The smallest absolute Gasteiger partial charge is 0.333 e. The first kappa shape index (κ1) is 7.32. The first-order chi connectivity index (χ1) is 4.64. The van der Waals surface area contributed by atoms with Crippen molar-refractivity contribution < 1.29 is 9.47 Å². The Balaban J connectivity index is 2.48. The molecule has 10 heavy (non-hydrogen) atoms. The molecule has 0 aromatic rings. The molecular weight excluding hydrogens is 134 g/mol. The van der Waals surface area contributed by atoms with Gasteiger partial charge in [0.05, 0.1) is 6.61 Å². The predicted molar refractivity (Wildman–Crippen MR) is 35.5 cm³/mol. The van der Waals surface area contributed by atoms with Crippen LogP contribution < -0.4 is 0 Å². The van der Waals surface area contributed by atoms with Crippen molar-refractivity contribution in [3.05, 3.63) is 10.2 Å². The fourth-order valence-corrected chi connectivity index (χ4v) is 0.809. The standard InChI is InChI=1S/C6H9NO3/c1-6(2)9-4-5(10-6)3-7-8/h5H,4H2,1-2H3/t5-/m0/s1. The minimum Gasteiger partial charge on any atom is -0.498 e. The minimum atomic E-state index is -0.595. The second-order valence-electron chi connectivity index (χ2n) is 2.54. The molecule has 56 valence electrons. The molecule has 1 aliphatic rings. The van der Waals surface area contributed by atoms with E-state index in [0.717, 1.165) is 0 Å². The molecule has 1 rings (SSSR count). The molecule has 0 amide bonds. The summed E-state index contributed by atoms with van der Waals surface area (Å²) in [5.74, 6) is -0.595. The molecule has 0 bridgehead atoms. The van der Waals surface area contributed by atoms with Crippen LogP contribution in [0, 0.1) is 11.3 Å². The molecule has 0 aromatic carbocycles. The topological polar surface area (TPSA) is 45.9 Å². The molecule has 1 heterocycles. The monoisotopic (exact) mass is 143 g/mol. The summed E-state index contributed by atoms with van der Waals surface area (Å²) < 4.78 is 10.3. The first-order valence-corrected chi connectivity index (χ1v) is 3.04. The Morgan fingerprint density at radius 2 is 2.40 bits per heavy atom. The van der Waals surface area contributed by atoms with Gasteiger partial charge >= 0.3 is 6.07 Å². The maximum absolute atomic E-state index is 9.68. The number of hydrogen-bond donors (Lipinski definition) is 0. The number of ether oxygens (including phenoxy) is 2. The van der Waals surface area contributed by atoms with Gasteiger partial charge in [0.2, 0.25) is 6.10 Å². The molecule has 0 radical (unpaired) electrons. The molecule has 0 aliphatic carbocycles. The summed E-state index contributed by atoms with van der Waals surface area (Å²) in [6.07, 6.45) is -0.396. The molecule has 0 aromatic heterocycles. The highest BCUT2D eigenvalue weighted by molar-refractivity contribution is 4.98. The van der Waals surface area contributed by atoms with Crippen molar-refractivity contribution in [1.29, 1.82) is 0 Å². The molecule has 4 heteroatoms. The highest BCUT2D eigenvalue weighted by Gasteiger charge is 2.34. The van der Waals surface area contributed by atoms with Gasteiger partial charge in [0.25, 0.3) is 0 Å². The molecule has 0 spiro atoms. The van der Waals surface area contributed by atoms with Crippen molar-refractivity contribution in [3.63, 3.8) is 0 Å². The molecule has 4 nitrogen and oxygen atoms in total. The summed E-state index contributed by atoms with van der Waals surface area (Å²) in [4.78, 5) is 0. The van der Waals surface area contributed by atoms with Crippen molar-refractivity contribution in [2.75, 3.05) is 6.61 Å². The van der Waals surface area contributed by atoms with Crippen LogP contribution in [-0.4, -0.2) is 18.5 Å². The second-order valence-corrected chi connectivity index (χ2v) is 2.54. The zero-order chi connectivity index (χ0) is 7.61. The van der Waals surface area contributed by atoms with E-state index < -0.39 is 11.9 Å². The summed E-state index contributed by atoms with van der Waals surface area (Å²) in [5, 5.41) is 12.2. The van der Waals surface area contributed by atoms with Gasteiger partial charge in [-0.25, -0.2) is 0 Å². The van der Waals surface area contributed by atoms with Crippen molar-refractivity contribution in [1.82, 2.24) is 0 Å².